The molecule has 0 N–H and O–H groups in total. The maximum Gasteiger partial charge on any atom is -0.0131 e. The molecular weight excluding hydrogens is 324 g/mol. The number of allylic oxidation sites excluding steroid dienone is 2. The minimum Gasteiger partial charge on any atom is -0.0885 e. The lowest BCUT2D eigenvalue weighted by atomic mass is 9.69. The molecule has 1 fully saturated rings. The van der Waals surface area contributed by atoms with Gasteiger partial charge in [0.2, 0.25) is 0 Å². The van der Waals surface area contributed by atoms with Crippen LogP contribution in [0.1, 0.15) is 107 Å². The largest absolute Gasteiger partial charge is 0.0885 e. The van der Waals surface area contributed by atoms with Crippen LogP contribution in [0.5, 0.6) is 0 Å². The highest BCUT2D eigenvalue weighted by molar-refractivity contribution is 5.25. The minimum absolute atomic E-state index is 0.795. The van der Waals surface area contributed by atoms with E-state index in [0.717, 1.165) is 23.7 Å². The van der Waals surface area contributed by atoms with Gasteiger partial charge in [-0.1, -0.05) is 93.9 Å². The maximum atomic E-state index is 2.44. The fourth-order valence-electron chi connectivity index (χ4n) is 5.58. The summed E-state index contributed by atoms with van der Waals surface area (Å²) in [5.74, 6) is 3.65. The van der Waals surface area contributed by atoms with Gasteiger partial charge in [-0.15, -0.1) is 0 Å². The molecule has 0 aliphatic heterocycles. The topological polar surface area (TPSA) is 0 Å². The van der Waals surface area contributed by atoms with Gasteiger partial charge in [0.05, 0.1) is 0 Å². The lowest BCUT2D eigenvalue weighted by molar-refractivity contribution is 0.210. The third-order valence-electron chi connectivity index (χ3n) is 7.40. The Hall–Kier alpha value is -1.04. The second-order valence-electron chi connectivity index (χ2n) is 9.53. The molecule has 0 radical (unpaired) electrons. The van der Waals surface area contributed by atoms with Crippen molar-refractivity contribution in [3.63, 3.8) is 0 Å². The Morgan fingerprint density at radius 2 is 1.63 bits per heavy atom. The van der Waals surface area contributed by atoms with Crippen LogP contribution < -0.4 is 0 Å². The molecule has 27 heavy (non-hydrogen) atoms. The van der Waals surface area contributed by atoms with Crippen LogP contribution in [0.4, 0.5) is 0 Å². The van der Waals surface area contributed by atoms with E-state index in [9.17, 15) is 0 Å². The molecule has 0 nitrogen and oxygen atoms in total. The van der Waals surface area contributed by atoms with Crippen LogP contribution in [0.15, 0.2) is 36.4 Å². The molecule has 2 atom stereocenters. The van der Waals surface area contributed by atoms with E-state index in [1.807, 2.05) is 0 Å². The van der Waals surface area contributed by atoms with Gasteiger partial charge in [-0.25, -0.2) is 0 Å². The van der Waals surface area contributed by atoms with Crippen molar-refractivity contribution >= 4 is 0 Å². The lowest BCUT2D eigenvalue weighted by Crippen LogP contribution is -2.23. The van der Waals surface area contributed by atoms with E-state index < -0.39 is 0 Å². The Bertz CT molecular complexity index is 544. The van der Waals surface area contributed by atoms with Crippen LogP contribution in [0.3, 0.4) is 0 Å². The highest BCUT2D eigenvalue weighted by Crippen LogP contribution is 2.44. The van der Waals surface area contributed by atoms with Crippen molar-refractivity contribution in [3.05, 3.63) is 47.5 Å². The van der Waals surface area contributed by atoms with E-state index in [2.05, 4.69) is 50.3 Å². The van der Waals surface area contributed by atoms with Gasteiger partial charge in [-0.05, 0) is 74.7 Å². The summed E-state index contributed by atoms with van der Waals surface area (Å²) in [5.41, 5.74) is 3.02. The standard InChI is InChI=1S/C27H42/c1-3-4-5-7-10-23-15-19-26(20-16-23)27(21-24-11-8-6-9-12-24)25-17-13-22(2)14-18-25/h6,8,13-14,17-18,23-24,26-27H,3-5,7,9-12,15-16,19-21H2,1-2H3. The van der Waals surface area contributed by atoms with E-state index in [-0.39, 0.29) is 0 Å². The third-order valence-corrected chi connectivity index (χ3v) is 7.40. The number of unbranched alkanes of at least 4 members (excludes halogenated alkanes) is 3. The van der Waals surface area contributed by atoms with Crippen molar-refractivity contribution in [1.29, 1.82) is 0 Å². The maximum absolute atomic E-state index is 2.44. The Kier molecular flexibility index (Phi) is 8.49. The zero-order valence-electron chi connectivity index (χ0n) is 18.0. The summed E-state index contributed by atoms with van der Waals surface area (Å²) >= 11 is 0. The number of benzene rings is 1. The third kappa shape index (κ3) is 6.51. The number of rotatable bonds is 9. The van der Waals surface area contributed by atoms with E-state index >= 15 is 0 Å². The molecule has 2 aliphatic rings. The molecule has 0 saturated heterocycles. The molecule has 0 heteroatoms. The second-order valence-corrected chi connectivity index (χ2v) is 9.53. The van der Waals surface area contributed by atoms with Crippen LogP contribution in [-0.2, 0) is 0 Å². The second kappa shape index (κ2) is 11.1. The first-order valence-corrected chi connectivity index (χ1v) is 12.0. The van der Waals surface area contributed by atoms with Crippen LogP contribution >= 0.6 is 0 Å². The first-order valence-electron chi connectivity index (χ1n) is 12.0. The van der Waals surface area contributed by atoms with Gasteiger partial charge in [0.1, 0.15) is 0 Å². The van der Waals surface area contributed by atoms with E-state index in [1.165, 1.54) is 89.0 Å². The molecule has 1 saturated carbocycles. The lowest BCUT2D eigenvalue weighted by Gasteiger charge is -2.36. The van der Waals surface area contributed by atoms with Gasteiger partial charge >= 0.3 is 0 Å². The molecule has 0 bridgehead atoms. The van der Waals surface area contributed by atoms with Crippen molar-refractivity contribution in [2.45, 2.75) is 103 Å². The van der Waals surface area contributed by atoms with E-state index in [4.69, 9.17) is 0 Å². The van der Waals surface area contributed by atoms with Gasteiger partial charge in [-0.3, -0.25) is 0 Å². The molecule has 0 heterocycles. The average molecular weight is 367 g/mol. The first kappa shape index (κ1) is 20.7. The Balaban J connectivity index is 1.57. The van der Waals surface area contributed by atoms with Crippen LogP contribution in [0, 0.1) is 24.7 Å². The molecule has 3 rings (SSSR count). The summed E-state index contributed by atoms with van der Waals surface area (Å²) < 4.78 is 0. The van der Waals surface area contributed by atoms with E-state index in [0.29, 0.717) is 0 Å². The van der Waals surface area contributed by atoms with Crippen molar-refractivity contribution in [2.24, 2.45) is 17.8 Å². The Labute approximate surface area is 168 Å². The van der Waals surface area contributed by atoms with Gasteiger partial charge in [0, 0.05) is 0 Å². The predicted molar refractivity (Wildman–Crippen MR) is 119 cm³/mol. The zero-order valence-corrected chi connectivity index (χ0v) is 18.0. The molecule has 150 valence electrons. The highest BCUT2D eigenvalue weighted by Gasteiger charge is 2.30. The molecule has 0 spiro atoms. The quantitative estimate of drug-likeness (QED) is 0.303. The molecule has 2 unspecified atom stereocenters. The minimum atomic E-state index is 0.795. The smallest absolute Gasteiger partial charge is 0.0131 e. The molecule has 1 aromatic carbocycles. The number of hydrogen-bond acceptors (Lipinski definition) is 0. The van der Waals surface area contributed by atoms with Gasteiger partial charge in [-0.2, -0.15) is 0 Å². The summed E-state index contributed by atoms with van der Waals surface area (Å²) in [5, 5.41) is 0. The van der Waals surface area contributed by atoms with Crippen molar-refractivity contribution < 1.29 is 0 Å². The van der Waals surface area contributed by atoms with Crippen LogP contribution in [0.2, 0.25) is 0 Å². The first-order chi connectivity index (χ1) is 13.3. The van der Waals surface area contributed by atoms with Crippen LogP contribution in [0.25, 0.3) is 0 Å². The molecule has 1 aromatic rings. The monoisotopic (exact) mass is 366 g/mol. The number of hydrogen-bond donors (Lipinski definition) is 0. The van der Waals surface area contributed by atoms with Gasteiger partial charge < -0.3 is 0 Å². The van der Waals surface area contributed by atoms with Gasteiger partial charge in [0.15, 0.2) is 0 Å². The van der Waals surface area contributed by atoms with Gasteiger partial charge in [0.25, 0.3) is 0 Å². The fourth-order valence-corrected chi connectivity index (χ4v) is 5.58. The summed E-state index contributed by atoms with van der Waals surface area (Å²) in [6.07, 6.45) is 23.4. The van der Waals surface area contributed by atoms with Crippen LogP contribution in [-0.4, -0.2) is 0 Å². The fraction of sp³-hybridized carbons (Fsp3) is 0.704. The SMILES string of the molecule is CCCCCCC1CCC(C(CC2CC=CCC2)c2ccc(C)cc2)CC1. The molecule has 2 aliphatic carbocycles. The van der Waals surface area contributed by atoms with Crippen molar-refractivity contribution in [3.8, 4) is 0 Å². The van der Waals surface area contributed by atoms with Crippen molar-refractivity contribution in [2.75, 3.05) is 0 Å². The highest BCUT2D eigenvalue weighted by atomic mass is 14.3. The molecule has 0 aromatic heterocycles. The zero-order chi connectivity index (χ0) is 18.9. The van der Waals surface area contributed by atoms with Crippen molar-refractivity contribution in [1.82, 2.24) is 0 Å². The summed E-state index contributed by atoms with van der Waals surface area (Å²) in [7, 11) is 0. The summed E-state index contributed by atoms with van der Waals surface area (Å²) in [6, 6.07) is 9.55. The molecular formula is C27H42. The Morgan fingerprint density at radius 1 is 0.852 bits per heavy atom. The number of aryl methyl sites for hydroxylation is 1. The normalized spacial score (nSPS) is 26.8. The summed E-state index contributed by atoms with van der Waals surface area (Å²) in [6.45, 7) is 4.53. The van der Waals surface area contributed by atoms with E-state index in [1.54, 1.807) is 5.56 Å². The average Bonchev–Trinajstić information content (AvgIpc) is 2.72. The molecule has 0 amide bonds. The predicted octanol–water partition coefficient (Wildman–Crippen LogP) is 8.60. The Morgan fingerprint density at radius 3 is 2.30 bits per heavy atom. The summed E-state index contributed by atoms with van der Waals surface area (Å²) in [4.78, 5) is 0.